The Kier molecular flexibility index (Phi) is 4.25. The van der Waals surface area contributed by atoms with Gasteiger partial charge in [0.2, 0.25) is 0 Å². The molecule has 1 aromatic carbocycles. The maximum atomic E-state index is 5.95. The minimum absolute atomic E-state index is 0.745. The highest BCUT2D eigenvalue weighted by Crippen LogP contribution is 2.24. The van der Waals surface area contributed by atoms with E-state index in [4.69, 9.17) is 11.6 Å². The van der Waals surface area contributed by atoms with E-state index >= 15 is 0 Å². The maximum Gasteiger partial charge on any atom is 0.0408 e. The molecule has 2 heteroatoms. The van der Waals surface area contributed by atoms with Gasteiger partial charge in [0, 0.05) is 11.1 Å². The van der Waals surface area contributed by atoms with Crippen LogP contribution in [0.4, 0.5) is 0 Å². The molecule has 1 aliphatic rings. The molecular formula is C14H20ClN. The molecule has 0 bridgehead atoms. The van der Waals surface area contributed by atoms with Crippen molar-refractivity contribution in [1.29, 1.82) is 0 Å². The highest BCUT2D eigenvalue weighted by molar-refractivity contribution is 6.30. The van der Waals surface area contributed by atoms with Gasteiger partial charge < -0.3 is 5.32 Å². The highest BCUT2D eigenvalue weighted by Gasteiger charge is 2.19. The van der Waals surface area contributed by atoms with E-state index in [-0.39, 0.29) is 0 Å². The van der Waals surface area contributed by atoms with Crippen molar-refractivity contribution in [3.63, 3.8) is 0 Å². The van der Waals surface area contributed by atoms with E-state index in [1.807, 2.05) is 12.1 Å². The number of hydrogen-bond acceptors (Lipinski definition) is 1. The van der Waals surface area contributed by atoms with Crippen LogP contribution in [0.5, 0.6) is 0 Å². The fourth-order valence-electron chi connectivity index (χ4n) is 2.51. The summed E-state index contributed by atoms with van der Waals surface area (Å²) in [5, 5.41) is 4.48. The van der Waals surface area contributed by atoms with Crippen molar-refractivity contribution in [3.05, 3.63) is 34.9 Å². The Morgan fingerprint density at radius 3 is 2.94 bits per heavy atom. The summed E-state index contributed by atoms with van der Waals surface area (Å²) < 4.78 is 0. The average Bonchev–Trinajstić information content (AvgIpc) is 2.64. The lowest BCUT2D eigenvalue weighted by atomic mass is 10.1. The maximum absolute atomic E-state index is 5.95. The zero-order valence-corrected chi connectivity index (χ0v) is 10.6. The molecule has 0 radical (unpaired) electrons. The topological polar surface area (TPSA) is 12.0 Å². The number of nitrogens with one attached hydrogen (secondary N) is 1. The van der Waals surface area contributed by atoms with Gasteiger partial charge in [0.1, 0.15) is 0 Å². The lowest BCUT2D eigenvalue weighted by Gasteiger charge is -2.12. The van der Waals surface area contributed by atoms with Crippen LogP contribution >= 0.6 is 11.6 Å². The van der Waals surface area contributed by atoms with E-state index in [9.17, 15) is 0 Å². The van der Waals surface area contributed by atoms with Crippen LogP contribution in [0.2, 0.25) is 5.02 Å². The van der Waals surface area contributed by atoms with Crippen molar-refractivity contribution in [3.8, 4) is 0 Å². The quantitative estimate of drug-likeness (QED) is 0.843. The molecule has 1 saturated carbocycles. The van der Waals surface area contributed by atoms with Crippen LogP contribution in [0, 0.1) is 5.92 Å². The molecule has 0 aromatic heterocycles. The molecule has 1 nitrogen and oxygen atoms in total. The number of hydrogen-bond donors (Lipinski definition) is 1. The number of benzene rings is 1. The lowest BCUT2D eigenvalue weighted by molar-refractivity contribution is 0.506. The smallest absolute Gasteiger partial charge is 0.0408 e. The van der Waals surface area contributed by atoms with Gasteiger partial charge in [-0.25, -0.2) is 0 Å². The standard InChI is InChI=1S/C14H20ClN/c1-11-5-6-14(9-11)16-8-7-12-3-2-4-13(15)10-12/h2-4,10-11,14,16H,5-9H2,1H3. The van der Waals surface area contributed by atoms with Crippen LogP contribution < -0.4 is 5.32 Å². The third-order valence-corrected chi connectivity index (χ3v) is 3.67. The molecule has 2 rings (SSSR count). The van der Waals surface area contributed by atoms with Crippen molar-refractivity contribution in [2.75, 3.05) is 6.54 Å². The normalized spacial score (nSPS) is 24.9. The second kappa shape index (κ2) is 5.70. The zero-order valence-electron chi connectivity index (χ0n) is 9.88. The molecule has 0 spiro atoms. The van der Waals surface area contributed by atoms with Gasteiger partial charge in [-0.05, 0) is 55.8 Å². The molecule has 0 heterocycles. The zero-order chi connectivity index (χ0) is 11.4. The predicted octanol–water partition coefficient (Wildman–Crippen LogP) is 3.66. The molecule has 1 aliphatic carbocycles. The summed E-state index contributed by atoms with van der Waals surface area (Å²) in [5.41, 5.74) is 1.33. The molecule has 0 saturated heterocycles. The van der Waals surface area contributed by atoms with Crippen molar-refractivity contribution < 1.29 is 0 Å². The molecular weight excluding hydrogens is 218 g/mol. The van der Waals surface area contributed by atoms with E-state index in [1.54, 1.807) is 0 Å². The van der Waals surface area contributed by atoms with Crippen LogP contribution in [0.25, 0.3) is 0 Å². The Morgan fingerprint density at radius 1 is 1.38 bits per heavy atom. The molecule has 2 unspecified atom stereocenters. The Morgan fingerprint density at radius 2 is 2.25 bits per heavy atom. The number of halogens is 1. The second-order valence-electron chi connectivity index (χ2n) is 4.95. The van der Waals surface area contributed by atoms with Crippen molar-refractivity contribution >= 4 is 11.6 Å². The van der Waals surface area contributed by atoms with Crippen LogP contribution in [0.15, 0.2) is 24.3 Å². The van der Waals surface area contributed by atoms with E-state index in [0.29, 0.717) is 0 Å². The highest BCUT2D eigenvalue weighted by atomic mass is 35.5. The minimum Gasteiger partial charge on any atom is -0.314 e. The van der Waals surface area contributed by atoms with Crippen LogP contribution in [0.1, 0.15) is 31.7 Å². The summed E-state index contributed by atoms with van der Waals surface area (Å²) in [4.78, 5) is 0. The van der Waals surface area contributed by atoms with E-state index < -0.39 is 0 Å². The monoisotopic (exact) mass is 237 g/mol. The van der Waals surface area contributed by atoms with Crippen molar-refractivity contribution in [1.82, 2.24) is 5.32 Å². The molecule has 16 heavy (non-hydrogen) atoms. The first-order valence-corrected chi connectivity index (χ1v) is 6.59. The number of rotatable bonds is 4. The molecule has 0 amide bonds. The van der Waals surface area contributed by atoms with Crippen LogP contribution in [-0.4, -0.2) is 12.6 Å². The first-order chi connectivity index (χ1) is 7.74. The third-order valence-electron chi connectivity index (χ3n) is 3.43. The van der Waals surface area contributed by atoms with Gasteiger partial charge in [0.05, 0.1) is 0 Å². The van der Waals surface area contributed by atoms with Gasteiger partial charge in [-0.1, -0.05) is 30.7 Å². The Labute approximate surface area is 103 Å². The summed E-state index contributed by atoms with van der Waals surface area (Å²) in [7, 11) is 0. The fourth-order valence-corrected chi connectivity index (χ4v) is 2.72. The Bertz CT molecular complexity index is 337. The summed E-state index contributed by atoms with van der Waals surface area (Å²) in [6.45, 7) is 3.41. The summed E-state index contributed by atoms with van der Waals surface area (Å²) in [5.74, 6) is 0.906. The second-order valence-corrected chi connectivity index (χ2v) is 5.39. The van der Waals surface area contributed by atoms with Crippen molar-refractivity contribution in [2.45, 2.75) is 38.6 Å². The SMILES string of the molecule is CC1CCC(NCCc2cccc(Cl)c2)C1. The van der Waals surface area contributed by atoms with E-state index in [2.05, 4.69) is 24.4 Å². The average molecular weight is 238 g/mol. The van der Waals surface area contributed by atoms with Gasteiger partial charge in [-0.15, -0.1) is 0 Å². The van der Waals surface area contributed by atoms with Crippen LogP contribution in [-0.2, 0) is 6.42 Å². The molecule has 1 fully saturated rings. The summed E-state index contributed by atoms with van der Waals surface area (Å²) >= 11 is 5.95. The summed E-state index contributed by atoms with van der Waals surface area (Å²) in [6, 6.07) is 8.90. The van der Waals surface area contributed by atoms with Gasteiger partial charge in [-0.3, -0.25) is 0 Å². The molecule has 88 valence electrons. The van der Waals surface area contributed by atoms with E-state index in [1.165, 1.54) is 24.8 Å². The first kappa shape index (κ1) is 11.9. The Balaban J connectivity index is 1.72. The third kappa shape index (κ3) is 3.50. The first-order valence-electron chi connectivity index (χ1n) is 6.22. The molecule has 0 aliphatic heterocycles. The van der Waals surface area contributed by atoms with E-state index in [0.717, 1.165) is 29.9 Å². The summed E-state index contributed by atoms with van der Waals surface area (Å²) in [6.07, 6.45) is 5.15. The molecule has 1 aromatic rings. The van der Waals surface area contributed by atoms with Gasteiger partial charge in [0.25, 0.3) is 0 Å². The minimum atomic E-state index is 0.745. The lowest BCUT2D eigenvalue weighted by Crippen LogP contribution is -2.28. The largest absolute Gasteiger partial charge is 0.314 e. The van der Waals surface area contributed by atoms with Crippen molar-refractivity contribution in [2.24, 2.45) is 5.92 Å². The van der Waals surface area contributed by atoms with Gasteiger partial charge in [-0.2, -0.15) is 0 Å². The van der Waals surface area contributed by atoms with Gasteiger partial charge in [0.15, 0.2) is 0 Å². The molecule has 1 N–H and O–H groups in total. The van der Waals surface area contributed by atoms with Crippen LogP contribution in [0.3, 0.4) is 0 Å². The fraction of sp³-hybridized carbons (Fsp3) is 0.571. The molecule has 2 atom stereocenters. The van der Waals surface area contributed by atoms with Gasteiger partial charge >= 0.3 is 0 Å². The predicted molar refractivity (Wildman–Crippen MR) is 70.0 cm³/mol. The Hall–Kier alpha value is -0.530.